The highest BCUT2D eigenvalue weighted by molar-refractivity contribution is 5.60. The molecule has 4 heterocycles. The predicted molar refractivity (Wildman–Crippen MR) is 127 cm³/mol. The Labute approximate surface area is 197 Å². The first-order valence-corrected chi connectivity index (χ1v) is 11.5. The molecule has 2 aromatic heterocycles. The number of hydrogen-bond donors (Lipinski definition) is 0. The van der Waals surface area contributed by atoms with E-state index in [-0.39, 0.29) is 23.5 Å². The summed E-state index contributed by atoms with van der Waals surface area (Å²) in [6.07, 6.45) is 4.68. The van der Waals surface area contributed by atoms with Crippen LogP contribution in [0.2, 0.25) is 0 Å². The minimum absolute atomic E-state index is 0.122. The molecule has 1 unspecified atom stereocenters. The van der Waals surface area contributed by atoms with Crippen molar-refractivity contribution in [3.8, 4) is 11.3 Å². The van der Waals surface area contributed by atoms with Gasteiger partial charge in [0.05, 0.1) is 25.0 Å². The lowest BCUT2D eigenvalue weighted by Gasteiger charge is -2.35. The van der Waals surface area contributed by atoms with Crippen LogP contribution in [0.15, 0.2) is 53.6 Å². The molecule has 0 aliphatic carbocycles. The van der Waals surface area contributed by atoms with Crippen LogP contribution in [0.5, 0.6) is 0 Å². The second-order valence-electron chi connectivity index (χ2n) is 8.67. The van der Waals surface area contributed by atoms with Gasteiger partial charge in [-0.2, -0.15) is 0 Å². The molecule has 5 rings (SSSR count). The number of pyridine rings is 1. The van der Waals surface area contributed by atoms with Crippen molar-refractivity contribution >= 4 is 11.6 Å². The van der Waals surface area contributed by atoms with Crippen molar-refractivity contribution in [1.29, 1.82) is 0 Å². The number of morpholine rings is 1. The average Bonchev–Trinajstić information content (AvgIpc) is 3.41. The number of ether oxygens (including phenoxy) is 2. The van der Waals surface area contributed by atoms with Gasteiger partial charge in [-0.15, -0.1) is 0 Å². The molecule has 8 nitrogen and oxygen atoms in total. The Morgan fingerprint density at radius 2 is 1.97 bits per heavy atom. The highest BCUT2D eigenvalue weighted by Crippen LogP contribution is 2.29. The van der Waals surface area contributed by atoms with Gasteiger partial charge < -0.3 is 19.3 Å². The molecule has 3 aromatic rings. The highest BCUT2D eigenvalue weighted by Gasteiger charge is 2.26. The van der Waals surface area contributed by atoms with Crippen LogP contribution in [0.25, 0.3) is 11.3 Å². The summed E-state index contributed by atoms with van der Waals surface area (Å²) in [5.41, 5.74) is 2.45. The molecule has 0 N–H and O–H groups in total. The van der Waals surface area contributed by atoms with Crippen LogP contribution in [-0.2, 0) is 16.5 Å². The van der Waals surface area contributed by atoms with Crippen molar-refractivity contribution in [3.63, 3.8) is 0 Å². The van der Waals surface area contributed by atoms with Crippen molar-refractivity contribution < 1.29 is 13.9 Å². The van der Waals surface area contributed by atoms with Gasteiger partial charge in [0, 0.05) is 50.8 Å². The highest BCUT2D eigenvalue weighted by atomic mass is 19.1. The lowest BCUT2D eigenvalue weighted by Crippen LogP contribution is -2.41. The maximum Gasteiger partial charge on any atom is 0.255 e. The normalized spacial score (nSPS) is 20.5. The van der Waals surface area contributed by atoms with Gasteiger partial charge in [-0.1, -0.05) is 12.1 Å². The Kier molecular flexibility index (Phi) is 6.30. The third kappa shape index (κ3) is 4.41. The topological polar surface area (TPSA) is 72.7 Å². The zero-order valence-electron chi connectivity index (χ0n) is 19.4. The fourth-order valence-electron chi connectivity index (χ4n) is 4.52. The number of nitrogens with zero attached hydrogens (tertiary/aromatic N) is 5. The quantitative estimate of drug-likeness (QED) is 0.573. The van der Waals surface area contributed by atoms with Crippen molar-refractivity contribution in [1.82, 2.24) is 14.5 Å². The fourth-order valence-corrected chi connectivity index (χ4v) is 4.52. The first-order chi connectivity index (χ1) is 16.5. The van der Waals surface area contributed by atoms with Gasteiger partial charge >= 0.3 is 0 Å². The van der Waals surface area contributed by atoms with E-state index < -0.39 is 5.82 Å². The van der Waals surface area contributed by atoms with Crippen LogP contribution >= 0.6 is 0 Å². The Hall–Kier alpha value is -3.30. The molecule has 2 aliphatic rings. The summed E-state index contributed by atoms with van der Waals surface area (Å²) < 4.78 is 27.6. The van der Waals surface area contributed by atoms with Crippen LogP contribution in [0.4, 0.5) is 16.0 Å². The molecule has 2 aliphatic heterocycles. The molecule has 178 valence electrons. The van der Waals surface area contributed by atoms with E-state index in [1.54, 1.807) is 7.05 Å². The Morgan fingerprint density at radius 3 is 2.71 bits per heavy atom. The van der Waals surface area contributed by atoms with Gasteiger partial charge in [0.2, 0.25) is 5.95 Å². The summed E-state index contributed by atoms with van der Waals surface area (Å²) in [4.78, 5) is 25.3. The summed E-state index contributed by atoms with van der Waals surface area (Å²) >= 11 is 0. The lowest BCUT2D eigenvalue weighted by atomic mass is 10.1. The van der Waals surface area contributed by atoms with Gasteiger partial charge in [-0.3, -0.25) is 14.3 Å². The number of anilines is 2. The standard InChI is InChI=1S/C25H28FN5O3/c1-29(24-4-3-12-34-24)18-7-5-17(6-8-18)22-16-31(11-13-33-22)25-28-21(14-23(32)30(25)2)19-9-10-27-15-20(19)26/h5-10,14-15,22,24H,3-4,11-13,16H2,1-2H3/t22-,24?/m1/s1. The zero-order chi connectivity index (χ0) is 23.7. The van der Waals surface area contributed by atoms with Gasteiger partial charge in [0.15, 0.2) is 5.82 Å². The van der Waals surface area contributed by atoms with Gasteiger partial charge in [0.1, 0.15) is 12.3 Å². The second kappa shape index (κ2) is 9.52. The van der Waals surface area contributed by atoms with Crippen molar-refractivity contribution in [3.05, 3.63) is 70.5 Å². The molecule has 2 fully saturated rings. The first-order valence-electron chi connectivity index (χ1n) is 11.5. The summed E-state index contributed by atoms with van der Waals surface area (Å²) in [7, 11) is 3.73. The molecule has 0 spiro atoms. The van der Waals surface area contributed by atoms with Gasteiger partial charge in [0.25, 0.3) is 5.56 Å². The first kappa shape index (κ1) is 22.5. The summed E-state index contributed by atoms with van der Waals surface area (Å²) in [5.74, 6) is -0.0242. The third-order valence-electron chi connectivity index (χ3n) is 6.52. The number of hydrogen-bond acceptors (Lipinski definition) is 7. The van der Waals surface area contributed by atoms with E-state index in [0.29, 0.717) is 31.3 Å². The van der Waals surface area contributed by atoms with Crippen molar-refractivity contribution in [2.24, 2.45) is 7.05 Å². The zero-order valence-corrected chi connectivity index (χ0v) is 19.4. The number of benzene rings is 1. The number of aromatic nitrogens is 3. The molecule has 2 atom stereocenters. The monoisotopic (exact) mass is 465 g/mol. The van der Waals surface area contributed by atoms with Crippen molar-refractivity contribution in [2.45, 2.75) is 25.2 Å². The largest absolute Gasteiger partial charge is 0.370 e. The summed E-state index contributed by atoms with van der Waals surface area (Å²) in [5, 5.41) is 0. The Balaban J connectivity index is 1.37. The van der Waals surface area contributed by atoms with E-state index in [1.165, 1.54) is 22.9 Å². The number of rotatable bonds is 5. The average molecular weight is 466 g/mol. The maximum absolute atomic E-state index is 14.3. The maximum atomic E-state index is 14.3. The van der Waals surface area contributed by atoms with Crippen molar-refractivity contribution in [2.75, 3.05) is 43.2 Å². The molecule has 34 heavy (non-hydrogen) atoms. The Bertz CT molecular complexity index is 1210. The molecule has 0 saturated carbocycles. The minimum Gasteiger partial charge on any atom is -0.370 e. The molecule has 1 aromatic carbocycles. The Morgan fingerprint density at radius 1 is 1.15 bits per heavy atom. The van der Waals surface area contributed by atoms with E-state index in [9.17, 15) is 9.18 Å². The molecule has 0 bridgehead atoms. The number of halogens is 1. The fraction of sp³-hybridized carbons (Fsp3) is 0.400. The second-order valence-corrected chi connectivity index (χ2v) is 8.67. The van der Waals surface area contributed by atoms with E-state index in [2.05, 4.69) is 46.2 Å². The van der Waals surface area contributed by atoms with Gasteiger partial charge in [-0.05, 0) is 36.6 Å². The van der Waals surface area contributed by atoms with E-state index in [0.717, 1.165) is 36.9 Å². The van der Waals surface area contributed by atoms with Crippen LogP contribution in [0.1, 0.15) is 24.5 Å². The minimum atomic E-state index is -0.512. The molecular weight excluding hydrogens is 437 g/mol. The lowest BCUT2D eigenvalue weighted by molar-refractivity contribution is 0.0390. The molecule has 0 amide bonds. The van der Waals surface area contributed by atoms with Crippen LogP contribution in [0.3, 0.4) is 0 Å². The van der Waals surface area contributed by atoms with Crippen LogP contribution < -0.4 is 15.4 Å². The summed E-state index contributed by atoms with van der Waals surface area (Å²) in [6.45, 7) is 2.42. The molecule has 0 radical (unpaired) electrons. The van der Waals surface area contributed by atoms with Gasteiger partial charge in [-0.25, -0.2) is 9.37 Å². The van der Waals surface area contributed by atoms with E-state index in [4.69, 9.17) is 9.47 Å². The van der Waals surface area contributed by atoms with Crippen LogP contribution in [-0.4, -0.2) is 54.1 Å². The molecular formula is C25H28FN5O3. The molecule has 9 heteroatoms. The van der Waals surface area contributed by atoms with E-state index >= 15 is 0 Å². The predicted octanol–water partition coefficient (Wildman–Crippen LogP) is 3.13. The third-order valence-corrected chi connectivity index (χ3v) is 6.52. The molecule has 2 saturated heterocycles. The smallest absolute Gasteiger partial charge is 0.255 e. The summed E-state index contributed by atoms with van der Waals surface area (Å²) in [6, 6.07) is 11.2. The SMILES string of the molecule is CN(c1ccc([C@H]2CN(c3nc(-c4ccncc4F)cc(=O)n3C)CCO2)cc1)C1CCCO1. The van der Waals surface area contributed by atoms with Crippen LogP contribution in [0, 0.1) is 5.82 Å². The van der Waals surface area contributed by atoms with E-state index in [1.807, 2.05) is 4.90 Å².